The van der Waals surface area contributed by atoms with Crippen LogP contribution in [0.5, 0.6) is 5.75 Å². The van der Waals surface area contributed by atoms with Crippen molar-refractivity contribution in [2.75, 3.05) is 26.7 Å². The Hall–Kier alpha value is -1.07. The van der Waals surface area contributed by atoms with Crippen molar-refractivity contribution >= 4 is 21.8 Å². The first-order chi connectivity index (χ1) is 9.10. The first kappa shape index (κ1) is 14.3. The third-order valence-electron chi connectivity index (χ3n) is 3.29. The summed E-state index contributed by atoms with van der Waals surface area (Å²) in [5.41, 5.74) is 1.00. The van der Waals surface area contributed by atoms with Gasteiger partial charge in [0.15, 0.2) is 0 Å². The monoisotopic (exact) mass is 326 g/mol. The van der Waals surface area contributed by atoms with Crippen LogP contribution in [0, 0.1) is 0 Å². The van der Waals surface area contributed by atoms with Gasteiger partial charge in [-0.15, -0.1) is 0 Å². The molecule has 19 heavy (non-hydrogen) atoms. The maximum atomic E-state index is 12.2. The van der Waals surface area contributed by atoms with Gasteiger partial charge >= 0.3 is 0 Å². The highest BCUT2D eigenvalue weighted by Crippen LogP contribution is 2.25. The predicted octanol–water partition coefficient (Wildman–Crippen LogP) is 1.82. The molecular formula is C14H19BrN2O2. The number of hydrogen-bond donors (Lipinski definition) is 1. The van der Waals surface area contributed by atoms with E-state index in [4.69, 9.17) is 4.74 Å². The van der Waals surface area contributed by atoms with Gasteiger partial charge in [-0.2, -0.15) is 0 Å². The molecule has 0 saturated carbocycles. The summed E-state index contributed by atoms with van der Waals surface area (Å²) in [5, 5.41) is 3.34. The average Bonchev–Trinajstić information content (AvgIpc) is 2.39. The summed E-state index contributed by atoms with van der Waals surface area (Å²) in [6, 6.07) is 6.14. The van der Waals surface area contributed by atoms with Crippen molar-refractivity contribution in [3.8, 4) is 5.75 Å². The molecule has 0 spiro atoms. The Labute approximate surface area is 122 Å². The summed E-state index contributed by atoms with van der Waals surface area (Å²) in [7, 11) is 1.63. The molecule has 5 heteroatoms. The number of piperazine rings is 1. The molecule has 1 N–H and O–H groups in total. The Kier molecular flexibility index (Phi) is 4.82. The van der Waals surface area contributed by atoms with Gasteiger partial charge in [-0.05, 0) is 40.5 Å². The van der Waals surface area contributed by atoms with Crippen LogP contribution in [0.3, 0.4) is 0 Å². The molecule has 1 aromatic carbocycles. The van der Waals surface area contributed by atoms with Crippen LogP contribution >= 0.6 is 15.9 Å². The minimum absolute atomic E-state index is 0.186. The van der Waals surface area contributed by atoms with Gasteiger partial charge in [-0.1, -0.05) is 6.07 Å². The highest BCUT2D eigenvalue weighted by atomic mass is 79.9. The molecule has 1 aromatic rings. The normalized spacial score (nSPS) is 19.3. The standard InChI is InChI=1S/C14H19BrN2O2/c1-10-9-17(6-5-16-10)14(18)8-11-3-4-13(19-2)12(15)7-11/h3-4,7,10,16H,5-6,8-9H2,1-2H3/t10-/m0/s1. The van der Waals surface area contributed by atoms with Gasteiger partial charge in [0, 0.05) is 25.7 Å². The molecule has 2 rings (SSSR count). The molecule has 104 valence electrons. The third-order valence-corrected chi connectivity index (χ3v) is 3.91. The number of nitrogens with zero attached hydrogens (tertiary/aromatic N) is 1. The van der Waals surface area contributed by atoms with Crippen LogP contribution in [-0.4, -0.2) is 43.6 Å². The van der Waals surface area contributed by atoms with Crippen LogP contribution in [0.4, 0.5) is 0 Å². The van der Waals surface area contributed by atoms with Crippen LogP contribution < -0.4 is 10.1 Å². The second kappa shape index (κ2) is 6.39. The van der Waals surface area contributed by atoms with Gasteiger partial charge in [0.2, 0.25) is 5.91 Å². The first-order valence-corrected chi connectivity index (χ1v) is 7.23. The molecule has 1 saturated heterocycles. The van der Waals surface area contributed by atoms with Crippen LogP contribution in [-0.2, 0) is 11.2 Å². The van der Waals surface area contributed by atoms with Crippen molar-refractivity contribution in [3.63, 3.8) is 0 Å². The van der Waals surface area contributed by atoms with E-state index in [2.05, 4.69) is 28.2 Å². The summed E-state index contributed by atoms with van der Waals surface area (Å²) >= 11 is 3.44. The van der Waals surface area contributed by atoms with Gasteiger partial charge in [0.1, 0.15) is 5.75 Å². The van der Waals surface area contributed by atoms with E-state index in [0.29, 0.717) is 12.5 Å². The number of nitrogens with one attached hydrogen (secondary N) is 1. The van der Waals surface area contributed by atoms with Gasteiger partial charge in [0.25, 0.3) is 0 Å². The maximum Gasteiger partial charge on any atom is 0.227 e. The number of amides is 1. The minimum Gasteiger partial charge on any atom is -0.496 e. The van der Waals surface area contributed by atoms with Crippen LogP contribution in [0.1, 0.15) is 12.5 Å². The number of carbonyl (C=O) groups is 1. The van der Waals surface area contributed by atoms with Gasteiger partial charge in [-0.3, -0.25) is 4.79 Å². The molecule has 0 bridgehead atoms. The average molecular weight is 327 g/mol. The largest absolute Gasteiger partial charge is 0.496 e. The lowest BCUT2D eigenvalue weighted by Crippen LogP contribution is -2.51. The van der Waals surface area contributed by atoms with Gasteiger partial charge in [-0.25, -0.2) is 0 Å². The van der Waals surface area contributed by atoms with Crippen LogP contribution in [0.25, 0.3) is 0 Å². The number of rotatable bonds is 3. The number of halogens is 1. The maximum absolute atomic E-state index is 12.2. The van der Waals surface area contributed by atoms with E-state index in [9.17, 15) is 4.79 Å². The second-order valence-electron chi connectivity index (χ2n) is 4.84. The van der Waals surface area contributed by atoms with Crippen LogP contribution in [0.2, 0.25) is 0 Å². The van der Waals surface area contributed by atoms with E-state index in [1.165, 1.54) is 0 Å². The number of benzene rings is 1. The molecular weight excluding hydrogens is 308 g/mol. The molecule has 4 nitrogen and oxygen atoms in total. The van der Waals surface area contributed by atoms with Gasteiger partial charge in [0.05, 0.1) is 18.0 Å². The van der Waals surface area contributed by atoms with Crippen LogP contribution in [0.15, 0.2) is 22.7 Å². The Morgan fingerprint density at radius 2 is 2.37 bits per heavy atom. The lowest BCUT2D eigenvalue weighted by Gasteiger charge is -2.32. The highest BCUT2D eigenvalue weighted by molar-refractivity contribution is 9.10. The molecule has 1 aliphatic heterocycles. The molecule has 0 aliphatic carbocycles. The molecule has 1 aliphatic rings. The molecule has 0 radical (unpaired) electrons. The fourth-order valence-electron chi connectivity index (χ4n) is 2.27. The lowest BCUT2D eigenvalue weighted by atomic mass is 10.1. The molecule has 0 unspecified atom stereocenters. The first-order valence-electron chi connectivity index (χ1n) is 6.43. The Morgan fingerprint density at radius 3 is 3.00 bits per heavy atom. The predicted molar refractivity (Wildman–Crippen MR) is 78.4 cm³/mol. The zero-order valence-electron chi connectivity index (χ0n) is 11.3. The number of ether oxygens (including phenoxy) is 1. The smallest absolute Gasteiger partial charge is 0.227 e. The molecule has 1 fully saturated rings. The number of carbonyl (C=O) groups excluding carboxylic acids is 1. The fourth-order valence-corrected chi connectivity index (χ4v) is 2.85. The summed E-state index contributed by atoms with van der Waals surface area (Å²) in [4.78, 5) is 14.2. The van der Waals surface area contributed by atoms with Crippen molar-refractivity contribution in [3.05, 3.63) is 28.2 Å². The Bertz CT molecular complexity index is 465. The molecule has 1 heterocycles. The van der Waals surface area contributed by atoms with Crippen molar-refractivity contribution in [2.24, 2.45) is 0 Å². The SMILES string of the molecule is COc1ccc(CC(=O)N2CCN[C@@H](C)C2)cc1Br. The highest BCUT2D eigenvalue weighted by Gasteiger charge is 2.20. The van der Waals surface area contributed by atoms with Crippen molar-refractivity contribution in [1.29, 1.82) is 0 Å². The zero-order chi connectivity index (χ0) is 13.8. The van der Waals surface area contributed by atoms with E-state index in [-0.39, 0.29) is 5.91 Å². The van der Waals surface area contributed by atoms with E-state index in [1.54, 1.807) is 7.11 Å². The number of hydrogen-bond acceptors (Lipinski definition) is 3. The molecule has 0 aromatic heterocycles. The minimum atomic E-state index is 0.186. The topological polar surface area (TPSA) is 41.6 Å². The fraction of sp³-hybridized carbons (Fsp3) is 0.500. The Balaban J connectivity index is 2.00. The quantitative estimate of drug-likeness (QED) is 0.921. The van der Waals surface area contributed by atoms with Crippen molar-refractivity contribution < 1.29 is 9.53 Å². The van der Waals surface area contributed by atoms with Crippen molar-refractivity contribution in [2.45, 2.75) is 19.4 Å². The summed E-state index contributed by atoms with van der Waals surface area (Å²) in [6.07, 6.45) is 0.440. The van der Waals surface area contributed by atoms with Crippen molar-refractivity contribution in [1.82, 2.24) is 10.2 Å². The van der Waals surface area contributed by atoms with E-state index >= 15 is 0 Å². The Morgan fingerprint density at radius 1 is 1.58 bits per heavy atom. The van der Waals surface area contributed by atoms with Gasteiger partial charge < -0.3 is 15.0 Å². The van der Waals surface area contributed by atoms with E-state index in [0.717, 1.165) is 35.4 Å². The second-order valence-corrected chi connectivity index (χ2v) is 5.69. The lowest BCUT2D eigenvalue weighted by molar-refractivity contribution is -0.131. The molecule has 1 atom stereocenters. The molecule has 1 amide bonds. The summed E-state index contributed by atoms with van der Waals surface area (Å²) in [5.74, 6) is 0.970. The summed E-state index contributed by atoms with van der Waals surface area (Å²) < 4.78 is 6.07. The third kappa shape index (κ3) is 3.70. The zero-order valence-corrected chi connectivity index (χ0v) is 12.9. The van der Waals surface area contributed by atoms with E-state index in [1.807, 2.05) is 23.1 Å². The number of methoxy groups -OCH3 is 1. The van der Waals surface area contributed by atoms with E-state index < -0.39 is 0 Å². The summed E-state index contributed by atoms with van der Waals surface area (Å²) in [6.45, 7) is 4.55.